The van der Waals surface area contributed by atoms with Crippen molar-refractivity contribution in [3.05, 3.63) is 0 Å². The summed E-state index contributed by atoms with van der Waals surface area (Å²) in [6.07, 6.45) is -1.01. The van der Waals surface area contributed by atoms with Crippen molar-refractivity contribution in [2.45, 2.75) is 52.7 Å². The number of carbonyl (C=O) groups excluding carboxylic acids is 2. The zero-order valence-corrected chi connectivity index (χ0v) is 12.0. The van der Waals surface area contributed by atoms with Crippen molar-refractivity contribution in [1.29, 1.82) is 0 Å². The van der Waals surface area contributed by atoms with Crippen molar-refractivity contribution >= 4 is 12.2 Å². The Bertz CT molecular complexity index is 259. The van der Waals surface area contributed by atoms with Crippen LogP contribution in [0.3, 0.4) is 0 Å². The molecule has 18 heavy (non-hydrogen) atoms. The fourth-order valence-electron chi connectivity index (χ4n) is 0.957. The standard InChI is InChI=1S/C12H24N2O4/c1-11(2,3)17-9(15)13-7-8-14-10(16)18-12(4,5)6/h7-8H2,1-6H3,(H,13,15)(H,14,16). The number of hydrogen-bond acceptors (Lipinski definition) is 4. The Morgan fingerprint density at radius 3 is 1.28 bits per heavy atom. The first-order valence-corrected chi connectivity index (χ1v) is 5.93. The van der Waals surface area contributed by atoms with Crippen molar-refractivity contribution in [2.24, 2.45) is 0 Å². The van der Waals surface area contributed by atoms with Gasteiger partial charge in [0, 0.05) is 13.1 Å². The van der Waals surface area contributed by atoms with Crippen molar-refractivity contribution in [3.8, 4) is 0 Å². The van der Waals surface area contributed by atoms with E-state index in [1.807, 2.05) is 0 Å². The second kappa shape index (κ2) is 6.47. The molecule has 0 aromatic heterocycles. The van der Waals surface area contributed by atoms with Crippen LogP contribution in [0.4, 0.5) is 9.59 Å². The first kappa shape index (κ1) is 16.5. The summed E-state index contributed by atoms with van der Waals surface area (Å²) in [5.41, 5.74) is -1.05. The molecule has 0 unspecified atom stereocenters. The fraction of sp³-hybridized carbons (Fsp3) is 0.833. The summed E-state index contributed by atoms with van der Waals surface area (Å²) in [5.74, 6) is 0. The van der Waals surface area contributed by atoms with E-state index in [2.05, 4.69) is 10.6 Å². The molecule has 0 spiro atoms. The average Bonchev–Trinajstić information content (AvgIpc) is 2.06. The Labute approximate surface area is 108 Å². The molecule has 0 fully saturated rings. The second-order valence-corrected chi connectivity index (χ2v) is 5.86. The van der Waals surface area contributed by atoms with Crippen LogP contribution in [0, 0.1) is 0 Å². The lowest BCUT2D eigenvalue weighted by Gasteiger charge is -2.21. The number of ether oxygens (including phenoxy) is 2. The minimum atomic E-state index is -0.525. The molecule has 0 atom stereocenters. The molecule has 0 aliphatic heterocycles. The highest BCUT2D eigenvalue weighted by atomic mass is 16.6. The van der Waals surface area contributed by atoms with E-state index in [0.717, 1.165) is 0 Å². The molecular formula is C12H24N2O4. The van der Waals surface area contributed by atoms with Crippen LogP contribution >= 0.6 is 0 Å². The predicted molar refractivity (Wildman–Crippen MR) is 68.5 cm³/mol. The summed E-state index contributed by atoms with van der Waals surface area (Å²) in [6, 6.07) is 0. The molecule has 2 amide bonds. The summed E-state index contributed by atoms with van der Waals surface area (Å²) in [7, 11) is 0. The van der Waals surface area contributed by atoms with E-state index in [0.29, 0.717) is 0 Å². The first-order chi connectivity index (χ1) is 7.99. The number of amides is 2. The first-order valence-electron chi connectivity index (χ1n) is 5.93. The van der Waals surface area contributed by atoms with Gasteiger partial charge in [-0.25, -0.2) is 9.59 Å². The topological polar surface area (TPSA) is 76.7 Å². The lowest BCUT2D eigenvalue weighted by Crippen LogP contribution is -2.39. The summed E-state index contributed by atoms with van der Waals surface area (Å²) in [5, 5.41) is 5.05. The van der Waals surface area contributed by atoms with Gasteiger partial charge in [0.1, 0.15) is 11.2 Å². The van der Waals surface area contributed by atoms with Gasteiger partial charge >= 0.3 is 12.2 Å². The zero-order chi connectivity index (χ0) is 14.4. The zero-order valence-electron chi connectivity index (χ0n) is 12.0. The van der Waals surface area contributed by atoms with Gasteiger partial charge < -0.3 is 20.1 Å². The maximum atomic E-state index is 11.3. The molecule has 0 aromatic rings. The van der Waals surface area contributed by atoms with Crippen molar-refractivity contribution in [1.82, 2.24) is 10.6 Å². The molecule has 0 aromatic carbocycles. The minimum Gasteiger partial charge on any atom is -0.444 e. The Morgan fingerprint density at radius 1 is 0.778 bits per heavy atom. The average molecular weight is 260 g/mol. The van der Waals surface area contributed by atoms with Gasteiger partial charge in [-0.1, -0.05) is 0 Å². The maximum absolute atomic E-state index is 11.3. The van der Waals surface area contributed by atoms with E-state index in [1.54, 1.807) is 41.5 Å². The SMILES string of the molecule is CC(C)(C)OC(=O)NCCNC(=O)OC(C)(C)C. The van der Waals surface area contributed by atoms with E-state index in [-0.39, 0.29) is 13.1 Å². The van der Waals surface area contributed by atoms with Crippen molar-refractivity contribution in [2.75, 3.05) is 13.1 Å². The lowest BCUT2D eigenvalue weighted by molar-refractivity contribution is 0.0489. The summed E-state index contributed by atoms with van der Waals surface area (Å²) in [4.78, 5) is 22.5. The van der Waals surface area contributed by atoms with Gasteiger partial charge in [0.2, 0.25) is 0 Å². The predicted octanol–water partition coefficient (Wildman–Crippen LogP) is 2.04. The molecule has 6 heteroatoms. The van der Waals surface area contributed by atoms with Crippen LogP contribution < -0.4 is 10.6 Å². The van der Waals surface area contributed by atoms with Gasteiger partial charge in [-0.3, -0.25) is 0 Å². The number of carbonyl (C=O) groups is 2. The van der Waals surface area contributed by atoms with Gasteiger partial charge in [0.15, 0.2) is 0 Å². The van der Waals surface area contributed by atoms with Gasteiger partial charge in [-0.2, -0.15) is 0 Å². The minimum absolute atomic E-state index is 0.286. The Hall–Kier alpha value is -1.46. The third-order valence-electron chi connectivity index (χ3n) is 1.46. The Kier molecular flexibility index (Phi) is 5.94. The van der Waals surface area contributed by atoms with Gasteiger partial charge in [0.05, 0.1) is 0 Å². The quantitative estimate of drug-likeness (QED) is 0.761. The number of hydrogen-bond donors (Lipinski definition) is 2. The lowest BCUT2D eigenvalue weighted by atomic mass is 10.2. The normalized spacial score (nSPS) is 11.7. The van der Waals surface area contributed by atoms with Crippen LogP contribution in [0.25, 0.3) is 0 Å². The van der Waals surface area contributed by atoms with Crippen LogP contribution in [0.2, 0.25) is 0 Å². The van der Waals surface area contributed by atoms with E-state index in [1.165, 1.54) is 0 Å². The van der Waals surface area contributed by atoms with Crippen LogP contribution in [-0.2, 0) is 9.47 Å². The fourth-order valence-corrected chi connectivity index (χ4v) is 0.957. The van der Waals surface area contributed by atoms with E-state index < -0.39 is 23.4 Å². The Balaban J connectivity index is 3.69. The van der Waals surface area contributed by atoms with Gasteiger partial charge in [-0.05, 0) is 41.5 Å². The third-order valence-corrected chi connectivity index (χ3v) is 1.46. The highest BCUT2D eigenvalue weighted by molar-refractivity contribution is 5.69. The molecule has 6 nitrogen and oxygen atoms in total. The van der Waals surface area contributed by atoms with Gasteiger partial charge in [-0.15, -0.1) is 0 Å². The van der Waals surface area contributed by atoms with Crippen molar-refractivity contribution in [3.63, 3.8) is 0 Å². The molecule has 0 bridgehead atoms. The number of rotatable bonds is 3. The molecule has 0 aliphatic rings. The van der Waals surface area contributed by atoms with Crippen LogP contribution in [-0.4, -0.2) is 36.5 Å². The van der Waals surface area contributed by atoms with Crippen molar-refractivity contribution < 1.29 is 19.1 Å². The van der Waals surface area contributed by atoms with Crippen LogP contribution in [0.15, 0.2) is 0 Å². The molecule has 2 N–H and O–H groups in total. The molecule has 0 rings (SSSR count). The summed E-state index contributed by atoms with van der Waals surface area (Å²) in [6.45, 7) is 11.3. The van der Waals surface area contributed by atoms with Crippen LogP contribution in [0.5, 0.6) is 0 Å². The summed E-state index contributed by atoms with van der Waals surface area (Å²) >= 11 is 0. The molecule has 106 valence electrons. The van der Waals surface area contributed by atoms with E-state index >= 15 is 0 Å². The Morgan fingerprint density at radius 2 is 1.06 bits per heavy atom. The molecule has 0 aliphatic carbocycles. The van der Waals surface area contributed by atoms with Gasteiger partial charge in [0.25, 0.3) is 0 Å². The molecule has 0 radical (unpaired) electrons. The van der Waals surface area contributed by atoms with E-state index in [9.17, 15) is 9.59 Å². The molecular weight excluding hydrogens is 236 g/mol. The monoisotopic (exact) mass is 260 g/mol. The largest absolute Gasteiger partial charge is 0.444 e. The van der Waals surface area contributed by atoms with Crippen LogP contribution in [0.1, 0.15) is 41.5 Å². The smallest absolute Gasteiger partial charge is 0.407 e. The maximum Gasteiger partial charge on any atom is 0.407 e. The molecule has 0 heterocycles. The highest BCUT2D eigenvalue weighted by Gasteiger charge is 2.17. The second-order valence-electron chi connectivity index (χ2n) is 5.86. The third kappa shape index (κ3) is 11.0. The molecule has 0 saturated carbocycles. The number of nitrogens with one attached hydrogen (secondary N) is 2. The number of alkyl carbamates (subject to hydrolysis) is 2. The summed E-state index contributed by atoms with van der Waals surface area (Å²) < 4.78 is 10.1. The molecule has 0 saturated heterocycles. The highest BCUT2D eigenvalue weighted by Crippen LogP contribution is 2.06. The van der Waals surface area contributed by atoms with E-state index in [4.69, 9.17) is 9.47 Å².